The minimum atomic E-state index is -1.33. The highest BCUT2D eigenvalue weighted by atomic mass is 32.1. The summed E-state index contributed by atoms with van der Waals surface area (Å²) in [5.74, 6) is 0.239. The number of imide groups is 1. The molecule has 0 saturated carbocycles. The third-order valence-electron chi connectivity index (χ3n) is 5.79. The van der Waals surface area contributed by atoms with E-state index in [2.05, 4.69) is 15.5 Å². The number of amides is 3. The standard InChI is InChI=1S/C24H20N4O3S/c1-15-8-9-19(12-16(15)2)24(18-6-4-3-5-7-18)22(29)28(23(30)26-24)13-20-25-21(27-31-20)17-10-11-32-14-17/h3-12,14H,13H2,1-2H3,(H,26,30)/t24-/m1/s1. The number of aryl methyl sites for hydroxylation is 2. The zero-order valence-electron chi connectivity index (χ0n) is 17.5. The normalized spacial score (nSPS) is 18.2. The maximum Gasteiger partial charge on any atom is 0.326 e. The van der Waals surface area contributed by atoms with Gasteiger partial charge in [-0.05, 0) is 47.5 Å². The first kappa shape index (κ1) is 20.1. The average molecular weight is 445 g/mol. The van der Waals surface area contributed by atoms with Crippen LogP contribution in [0.3, 0.4) is 0 Å². The summed E-state index contributed by atoms with van der Waals surface area (Å²) in [6, 6.07) is 16.4. The molecule has 3 amide bonds. The molecule has 1 aliphatic rings. The van der Waals surface area contributed by atoms with Crippen LogP contribution in [0.4, 0.5) is 4.79 Å². The molecule has 0 spiro atoms. The van der Waals surface area contributed by atoms with E-state index in [4.69, 9.17) is 4.52 Å². The first-order chi connectivity index (χ1) is 15.5. The number of urea groups is 1. The molecule has 1 fully saturated rings. The number of nitrogens with one attached hydrogen (secondary N) is 1. The van der Waals surface area contributed by atoms with Crippen molar-refractivity contribution in [3.05, 3.63) is 93.5 Å². The van der Waals surface area contributed by atoms with Crippen molar-refractivity contribution in [3.8, 4) is 11.4 Å². The second-order valence-corrected chi connectivity index (χ2v) is 8.54. The van der Waals surface area contributed by atoms with Gasteiger partial charge in [-0.3, -0.25) is 9.69 Å². The summed E-state index contributed by atoms with van der Waals surface area (Å²) in [4.78, 5) is 32.4. The number of carbonyl (C=O) groups excluding carboxylic acids is 2. The van der Waals surface area contributed by atoms with Crippen molar-refractivity contribution in [2.75, 3.05) is 0 Å². The Balaban J connectivity index is 1.54. The lowest BCUT2D eigenvalue weighted by Gasteiger charge is -2.28. The molecule has 0 bridgehead atoms. The van der Waals surface area contributed by atoms with Gasteiger partial charge in [-0.25, -0.2) is 4.79 Å². The van der Waals surface area contributed by atoms with Gasteiger partial charge in [-0.15, -0.1) is 0 Å². The molecule has 7 nitrogen and oxygen atoms in total. The van der Waals surface area contributed by atoms with Crippen LogP contribution in [0.5, 0.6) is 0 Å². The number of benzene rings is 2. The second kappa shape index (κ2) is 7.72. The lowest BCUT2D eigenvalue weighted by molar-refractivity contribution is -0.130. The first-order valence-corrected chi connectivity index (χ1v) is 11.1. The van der Waals surface area contributed by atoms with Crippen LogP contribution in [0, 0.1) is 13.8 Å². The van der Waals surface area contributed by atoms with E-state index in [-0.39, 0.29) is 18.3 Å². The molecule has 0 unspecified atom stereocenters. The Morgan fingerprint density at radius 1 is 1.03 bits per heavy atom. The zero-order chi connectivity index (χ0) is 22.3. The van der Waals surface area contributed by atoms with Gasteiger partial charge in [0, 0.05) is 10.9 Å². The lowest BCUT2D eigenvalue weighted by atomic mass is 9.81. The lowest BCUT2D eigenvalue weighted by Crippen LogP contribution is -2.45. The number of hydrogen-bond acceptors (Lipinski definition) is 6. The highest BCUT2D eigenvalue weighted by Gasteiger charge is 2.54. The smallest absolute Gasteiger partial charge is 0.326 e. The molecule has 3 heterocycles. The Bertz CT molecular complexity index is 1300. The number of hydrogen-bond donors (Lipinski definition) is 1. The van der Waals surface area contributed by atoms with E-state index in [0.29, 0.717) is 17.0 Å². The molecule has 32 heavy (non-hydrogen) atoms. The van der Waals surface area contributed by atoms with Gasteiger partial charge in [-0.2, -0.15) is 16.3 Å². The summed E-state index contributed by atoms with van der Waals surface area (Å²) in [6.07, 6.45) is 0. The topological polar surface area (TPSA) is 88.3 Å². The van der Waals surface area contributed by atoms with Crippen LogP contribution < -0.4 is 5.32 Å². The van der Waals surface area contributed by atoms with Crippen molar-refractivity contribution in [1.82, 2.24) is 20.4 Å². The molecule has 1 saturated heterocycles. The summed E-state index contributed by atoms with van der Waals surface area (Å²) < 4.78 is 5.33. The van der Waals surface area contributed by atoms with E-state index < -0.39 is 11.6 Å². The maximum atomic E-state index is 13.8. The van der Waals surface area contributed by atoms with Crippen LogP contribution in [0.25, 0.3) is 11.4 Å². The van der Waals surface area contributed by atoms with Crippen LogP contribution in [-0.2, 0) is 16.9 Å². The molecule has 2 aromatic heterocycles. The largest absolute Gasteiger partial charge is 0.337 e. The third-order valence-corrected chi connectivity index (χ3v) is 6.48. The molecule has 0 aliphatic carbocycles. The van der Waals surface area contributed by atoms with Crippen LogP contribution in [0.1, 0.15) is 28.1 Å². The highest BCUT2D eigenvalue weighted by Crippen LogP contribution is 2.37. The van der Waals surface area contributed by atoms with Gasteiger partial charge in [0.25, 0.3) is 5.91 Å². The number of aromatic nitrogens is 2. The molecule has 5 rings (SSSR count). The van der Waals surface area contributed by atoms with E-state index in [9.17, 15) is 9.59 Å². The first-order valence-electron chi connectivity index (χ1n) is 10.1. The number of thiophene rings is 1. The molecule has 1 N–H and O–H groups in total. The van der Waals surface area contributed by atoms with Gasteiger partial charge >= 0.3 is 6.03 Å². The maximum absolute atomic E-state index is 13.8. The summed E-state index contributed by atoms with van der Waals surface area (Å²) in [5.41, 5.74) is 3.04. The average Bonchev–Trinajstić information content (AvgIpc) is 3.54. The van der Waals surface area contributed by atoms with Gasteiger partial charge in [-0.1, -0.05) is 53.7 Å². The minimum absolute atomic E-state index is 0.110. The van der Waals surface area contributed by atoms with Crippen LogP contribution in [0.15, 0.2) is 69.9 Å². The molecular formula is C24H20N4O3S. The molecule has 1 aliphatic heterocycles. The molecule has 4 aromatic rings. The minimum Gasteiger partial charge on any atom is -0.337 e. The van der Waals surface area contributed by atoms with Gasteiger partial charge in [0.15, 0.2) is 5.54 Å². The van der Waals surface area contributed by atoms with Crippen molar-refractivity contribution < 1.29 is 14.1 Å². The van der Waals surface area contributed by atoms with Gasteiger partial charge in [0.2, 0.25) is 11.7 Å². The Labute approximate surface area is 188 Å². The van der Waals surface area contributed by atoms with Crippen LogP contribution in [0.2, 0.25) is 0 Å². The Kier molecular flexibility index (Phi) is 4.86. The van der Waals surface area contributed by atoms with Crippen molar-refractivity contribution >= 4 is 23.3 Å². The third kappa shape index (κ3) is 3.20. The van der Waals surface area contributed by atoms with Crippen molar-refractivity contribution in [1.29, 1.82) is 0 Å². The van der Waals surface area contributed by atoms with Gasteiger partial charge < -0.3 is 9.84 Å². The van der Waals surface area contributed by atoms with E-state index in [1.54, 1.807) is 0 Å². The van der Waals surface area contributed by atoms with E-state index >= 15 is 0 Å². The number of rotatable bonds is 5. The predicted octanol–water partition coefficient (Wildman–Crippen LogP) is 4.41. The molecule has 2 aromatic carbocycles. The van der Waals surface area contributed by atoms with Crippen LogP contribution >= 0.6 is 11.3 Å². The number of nitrogens with zero attached hydrogens (tertiary/aromatic N) is 3. The SMILES string of the molecule is Cc1ccc([C@@]2(c3ccccc3)NC(=O)N(Cc3nc(-c4ccsc4)no3)C2=O)cc1C. The molecular weight excluding hydrogens is 424 g/mol. The van der Waals surface area contributed by atoms with Crippen molar-refractivity contribution in [2.45, 2.75) is 25.9 Å². The monoisotopic (exact) mass is 444 g/mol. The molecule has 1 atom stereocenters. The van der Waals surface area contributed by atoms with E-state index in [1.165, 1.54) is 11.3 Å². The van der Waals surface area contributed by atoms with Crippen molar-refractivity contribution in [2.24, 2.45) is 0 Å². The zero-order valence-corrected chi connectivity index (χ0v) is 18.3. The fourth-order valence-electron chi connectivity index (χ4n) is 3.90. The molecule has 160 valence electrons. The van der Waals surface area contributed by atoms with Gasteiger partial charge in [0.05, 0.1) is 0 Å². The van der Waals surface area contributed by atoms with Crippen LogP contribution in [-0.4, -0.2) is 27.0 Å². The molecule has 8 heteroatoms. The van der Waals surface area contributed by atoms with E-state index in [0.717, 1.165) is 21.6 Å². The fraction of sp³-hybridized carbons (Fsp3) is 0.167. The summed E-state index contributed by atoms with van der Waals surface area (Å²) in [6.45, 7) is 3.89. The predicted molar refractivity (Wildman–Crippen MR) is 120 cm³/mol. The summed E-state index contributed by atoms with van der Waals surface area (Å²) >= 11 is 1.52. The fourth-order valence-corrected chi connectivity index (χ4v) is 4.54. The van der Waals surface area contributed by atoms with Gasteiger partial charge in [0.1, 0.15) is 6.54 Å². The Hall–Kier alpha value is -3.78. The second-order valence-electron chi connectivity index (χ2n) is 7.76. The Morgan fingerprint density at radius 3 is 2.56 bits per heavy atom. The summed E-state index contributed by atoms with van der Waals surface area (Å²) in [7, 11) is 0. The summed E-state index contributed by atoms with van der Waals surface area (Å²) in [5, 5.41) is 10.7. The van der Waals surface area contributed by atoms with E-state index in [1.807, 2.05) is 79.2 Å². The highest BCUT2D eigenvalue weighted by molar-refractivity contribution is 7.08. The number of carbonyl (C=O) groups is 2. The van der Waals surface area contributed by atoms with Crippen molar-refractivity contribution in [3.63, 3.8) is 0 Å². The quantitative estimate of drug-likeness (QED) is 0.461. The molecule has 0 radical (unpaired) electrons. The Morgan fingerprint density at radius 2 is 1.84 bits per heavy atom.